The molecule has 0 spiro atoms. The second kappa shape index (κ2) is 16.5. The number of hydrogen-bond donors (Lipinski definition) is 1. The lowest BCUT2D eigenvalue weighted by Gasteiger charge is -2.20. The van der Waals surface area contributed by atoms with Crippen molar-refractivity contribution in [2.24, 2.45) is 0 Å². The Labute approximate surface area is 327 Å². The Morgan fingerprint density at radius 2 is 1.50 bits per heavy atom. The molecule has 292 valence electrons. The Bertz CT molecular complexity index is 2310. The topological polar surface area (TPSA) is 114 Å². The molecular weight excluding hydrogens is 709 g/mol. The summed E-state index contributed by atoms with van der Waals surface area (Å²) < 4.78 is 37.3. The molecule has 56 heavy (non-hydrogen) atoms. The highest BCUT2D eigenvalue weighted by atomic mass is 16.6. The number of pyridine rings is 1. The number of nitrogens with zero attached hydrogens (tertiary/aromatic N) is 5. The van der Waals surface area contributed by atoms with Gasteiger partial charge in [0.1, 0.15) is 65.2 Å². The average Bonchev–Trinajstić information content (AvgIpc) is 4.03. The Morgan fingerprint density at radius 1 is 0.786 bits per heavy atom. The van der Waals surface area contributed by atoms with E-state index < -0.39 is 0 Å². The summed E-state index contributed by atoms with van der Waals surface area (Å²) in [6.07, 6.45) is 10.3. The minimum absolute atomic E-state index is 0.0602. The molecule has 0 amide bonds. The van der Waals surface area contributed by atoms with Crippen molar-refractivity contribution in [2.45, 2.75) is 69.9 Å². The molecule has 1 aliphatic heterocycles. The first kappa shape index (κ1) is 37.2. The lowest BCUT2D eigenvalue weighted by Crippen LogP contribution is -2.19. The van der Waals surface area contributed by atoms with Crippen molar-refractivity contribution < 1.29 is 28.4 Å². The fourth-order valence-corrected chi connectivity index (χ4v) is 8.10. The average molecular weight is 759 g/mol. The molecule has 2 fully saturated rings. The Hall–Kier alpha value is -5.75. The quantitative estimate of drug-likeness (QED) is 0.109. The van der Waals surface area contributed by atoms with E-state index in [1.807, 2.05) is 61.6 Å². The number of nitrogens with one attached hydrogen (secondary N) is 1. The van der Waals surface area contributed by atoms with Crippen molar-refractivity contribution in [2.75, 3.05) is 52.3 Å². The summed E-state index contributed by atoms with van der Waals surface area (Å²) in [6.45, 7) is 1.62. The second-order valence-corrected chi connectivity index (χ2v) is 14.6. The summed E-state index contributed by atoms with van der Waals surface area (Å²) in [5, 5.41) is 5.73. The molecule has 2 atom stereocenters. The predicted octanol–water partition coefficient (Wildman–Crippen LogP) is 8.68. The third kappa shape index (κ3) is 7.70. The van der Waals surface area contributed by atoms with E-state index in [-0.39, 0.29) is 12.3 Å². The van der Waals surface area contributed by atoms with Crippen molar-refractivity contribution in [1.82, 2.24) is 19.5 Å². The summed E-state index contributed by atoms with van der Waals surface area (Å²) in [5.74, 6) is 5.97. The summed E-state index contributed by atoms with van der Waals surface area (Å²) in [4.78, 5) is 16.7. The van der Waals surface area contributed by atoms with E-state index in [4.69, 9.17) is 43.4 Å². The van der Waals surface area contributed by atoms with Gasteiger partial charge in [-0.15, -0.1) is 0 Å². The number of ether oxygens (including phenoxy) is 6. The Kier molecular flexibility index (Phi) is 11.0. The van der Waals surface area contributed by atoms with Crippen molar-refractivity contribution in [3.8, 4) is 28.7 Å². The van der Waals surface area contributed by atoms with Crippen molar-refractivity contribution in [3.63, 3.8) is 0 Å². The molecule has 12 nitrogen and oxygen atoms in total. The molecule has 4 heterocycles. The van der Waals surface area contributed by atoms with Crippen LogP contribution in [0.3, 0.4) is 0 Å². The first-order valence-electron chi connectivity index (χ1n) is 19.4. The summed E-state index contributed by atoms with van der Waals surface area (Å²) in [7, 11) is 8.69. The Morgan fingerprint density at radius 3 is 2.25 bits per heavy atom. The van der Waals surface area contributed by atoms with Crippen molar-refractivity contribution in [1.29, 1.82) is 0 Å². The number of rotatable bonds is 15. The van der Waals surface area contributed by atoms with Crippen LogP contribution in [0.2, 0.25) is 0 Å². The zero-order valence-electron chi connectivity index (χ0n) is 32.8. The highest BCUT2D eigenvalue weighted by Gasteiger charge is 2.32. The molecule has 12 heteroatoms. The summed E-state index contributed by atoms with van der Waals surface area (Å²) in [5.41, 5.74) is 5.12. The highest BCUT2D eigenvalue weighted by Crippen LogP contribution is 2.43. The largest absolute Gasteiger partial charge is 0.497 e. The van der Waals surface area contributed by atoms with Crippen LogP contribution in [0.15, 0.2) is 79.3 Å². The van der Waals surface area contributed by atoms with Gasteiger partial charge < -0.3 is 43.2 Å². The van der Waals surface area contributed by atoms with Crippen molar-refractivity contribution in [3.05, 3.63) is 95.9 Å². The number of anilines is 2. The third-order valence-electron chi connectivity index (χ3n) is 11.1. The maximum Gasteiger partial charge on any atom is 0.147 e. The molecule has 2 aliphatic rings. The van der Waals surface area contributed by atoms with Gasteiger partial charge in [0.15, 0.2) is 0 Å². The number of fused-ring (bicyclic) bond motifs is 2. The molecule has 0 bridgehead atoms. The predicted molar refractivity (Wildman–Crippen MR) is 218 cm³/mol. The molecule has 6 aromatic rings. The van der Waals surface area contributed by atoms with Gasteiger partial charge in [-0.05, 0) is 85.7 Å². The molecule has 0 radical (unpaired) electrons. The van der Waals surface area contributed by atoms with Crippen molar-refractivity contribution >= 4 is 33.6 Å². The molecule has 1 saturated heterocycles. The molecule has 3 aromatic heterocycles. The van der Waals surface area contributed by atoms with Crippen LogP contribution in [0.1, 0.15) is 67.4 Å². The van der Waals surface area contributed by atoms with E-state index >= 15 is 0 Å². The van der Waals surface area contributed by atoms with Gasteiger partial charge >= 0.3 is 0 Å². The monoisotopic (exact) mass is 758 g/mol. The van der Waals surface area contributed by atoms with Gasteiger partial charge in [0.05, 0.1) is 45.4 Å². The third-order valence-corrected chi connectivity index (χ3v) is 11.1. The normalized spacial score (nSPS) is 17.0. The maximum atomic E-state index is 6.69. The molecular formula is C44H50N6O6. The van der Waals surface area contributed by atoms with Gasteiger partial charge in [0, 0.05) is 61.0 Å². The number of methoxy groups -OCH3 is 4. The molecule has 8 rings (SSSR count). The first-order chi connectivity index (χ1) is 27.4. The van der Waals surface area contributed by atoms with E-state index in [9.17, 15) is 0 Å². The zero-order chi connectivity index (χ0) is 38.6. The molecule has 1 N–H and O–H groups in total. The van der Waals surface area contributed by atoms with Crippen LogP contribution in [-0.2, 0) is 17.8 Å². The summed E-state index contributed by atoms with van der Waals surface area (Å²) >= 11 is 0. The minimum Gasteiger partial charge on any atom is -0.497 e. The second-order valence-electron chi connectivity index (χ2n) is 14.6. The SMILES string of the molecule is COc1ccc(CNc2ncnc3c2c(C2CCCC2)cn3[C@H]2CC[C@@H](COc3ccc4ccc(N(C)Cc5ccc(OC)cc5OC)nc4c3)O2)c(OC)c1. The van der Waals surface area contributed by atoms with E-state index in [2.05, 4.69) is 33.1 Å². The maximum absolute atomic E-state index is 6.69. The lowest BCUT2D eigenvalue weighted by atomic mass is 9.98. The smallest absolute Gasteiger partial charge is 0.147 e. The summed E-state index contributed by atoms with van der Waals surface area (Å²) in [6, 6.07) is 21.9. The van der Waals surface area contributed by atoms with Crippen LogP contribution in [0.25, 0.3) is 21.9 Å². The van der Waals surface area contributed by atoms with Gasteiger partial charge in [-0.1, -0.05) is 12.8 Å². The lowest BCUT2D eigenvalue weighted by molar-refractivity contribution is -0.0156. The van der Waals surface area contributed by atoms with Gasteiger partial charge in [-0.2, -0.15) is 0 Å². The van der Waals surface area contributed by atoms with Crippen LogP contribution in [0.4, 0.5) is 11.6 Å². The van der Waals surface area contributed by atoms with Gasteiger partial charge in [0.2, 0.25) is 0 Å². The van der Waals surface area contributed by atoms with Gasteiger partial charge in [-0.25, -0.2) is 15.0 Å². The molecule has 1 saturated carbocycles. The fraction of sp³-hybridized carbons (Fsp3) is 0.386. The zero-order valence-corrected chi connectivity index (χ0v) is 32.8. The van der Waals surface area contributed by atoms with Crippen LogP contribution >= 0.6 is 0 Å². The van der Waals surface area contributed by atoms with Crippen LogP contribution in [0.5, 0.6) is 28.7 Å². The van der Waals surface area contributed by atoms with E-state index in [0.717, 1.165) is 99.1 Å². The van der Waals surface area contributed by atoms with Gasteiger partial charge in [0.25, 0.3) is 0 Å². The standard InChI is InChI=1S/C44H50N6O6/c1-49(24-31-12-15-33(52-3)22-39(31)54-5)40-18-13-29-10-16-34(20-37(29)48-40)55-26-35-17-19-41(56-35)50-25-36(28-8-6-7-9-28)42-43(46-27-47-44(42)50)45-23-30-11-14-32(51-2)21-38(30)53-4/h10-16,18,20-22,25,27-28,35,41H,6-9,17,19,23-24,26H2,1-5H3,(H,45,46,47)/t35-,41+/m0/s1. The molecule has 1 aliphatic carbocycles. The minimum atomic E-state index is -0.147. The highest BCUT2D eigenvalue weighted by molar-refractivity contribution is 5.91. The molecule has 3 aromatic carbocycles. The molecule has 0 unspecified atom stereocenters. The van der Waals surface area contributed by atoms with E-state index in [0.29, 0.717) is 25.6 Å². The fourth-order valence-electron chi connectivity index (χ4n) is 8.10. The number of benzene rings is 3. The van der Waals surface area contributed by atoms with Gasteiger partial charge in [-0.3, -0.25) is 0 Å². The first-order valence-corrected chi connectivity index (χ1v) is 19.4. The van der Waals surface area contributed by atoms with Crippen LogP contribution < -0.4 is 33.9 Å². The van der Waals surface area contributed by atoms with Crippen LogP contribution in [-0.4, -0.2) is 67.7 Å². The van der Waals surface area contributed by atoms with E-state index in [1.165, 1.54) is 18.4 Å². The number of aromatic nitrogens is 4. The van der Waals surface area contributed by atoms with Crippen LogP contribution in [0, 0.1) is 0 Å². The number of hydrogen-bond acceptors (Lipinski definition) is 11. The van der Waals surface area contributed by atoms with E-state index in [1.54, 1.807) is 34.8 Å². The Balaban J connectivity index is 0.957.